The van der Waals surface area contributed by atoms with Gasteiger partial charge in [0, 0.05) is 45.0 Å². The number of rotatable bonds is 5. The van der Waals surface area contributed by atoms with Crippen molar-refractivity contribution in [3.63, 3.8) is 0 Å². The Labute approximate surface area is 170 Å². The Bertz CT molecular complexity index is 1260. The zero-order chi connectivity index (χ0) is 20.5. The van der Waals surface area contributed by atoms with Gasteiger partial charge in [-0.2, -0.15) is 0 Å². The summed E-state index contributed by atoms with van der Waals surface area (Å²) in [6.07, 6.45) is 0.644. The number of benzene rings is 3. The van der Waals surface area contributed by atoms with Gasteiger partial charge in [-0.15, -0.1) is 0 Å². The maximum absolute atomic E-state index is 13.1. The molecule has 0 saturated heterocycles. The second kappa shape index (κ2) is 7.55. The average molecular weight is 384 g/mol. The fraction of sp³-hybridized carbons (Fsp3) is 0.200. The Kier molecular flexibility index (Phi) is 4.93. The van der Waals surface area contributed by atoms with Crippen LogP contribution in [0.3, 0.4) is 0 Å². The van der Waals surface area contributed by atoms with Crippen LogP contribution in [-0.2, 0) is 6.54 Å². The zero-order valence-corrected chi connectivity index (χ0v) is 16.9. The van der Waals surface area contributed by atoms with Crippen LogP contribution in [0.2, 0.25) is 0 Å². The molecule has 1 heterocycles. The highest BCUT2D eigenvalue weighted by molar-refractivity contribution is 6.16. The molecule has 29 heavy (non-hydrogen) atoms. The minimum atomic E-state index is 0.0321. The molecule has 4 aromatic rings. The molecule has 0 fully saturated rings. The van der Waals surface area contributed by atoms with Crippen LogP contribution in [0.4, 0.5) is 0 Å². The molecule has 0 atom stereocenters. The molecule has 0 spiro atoms. The van der Waals surface area contributed by atoms with Gasteiger partial charge in [0.1, 0.15) is 0 Å². The highest BCUT2D eigenvalue weighted by atomic mass is 16.4. The third kappa shape index (κ3) is 3.11. The first-order valence-corrected chi connectivity index (χ1v) is 9.96. The summed E-state index contributed by atoms with van der Waals surface area (Å²) < 4.78 is 2.25. The van der Waals surface area contributed by atoms with Gasteiger partial charge in [0.05, 0.1) is 5.71 Å². The minimum absolute atomic E-state index is 0.0321. The Balaban J connectivity index is 1.95. The van der Waals surface area contributed by atoms with E-state index in [0.29, 0.717) is 17.7 Å². The summed E-state index contributed by atoms with van der Waals surface area (Å²) in [6.45, 7) is 6.88. The predicted octanol–water partition coefficient (Wildman–Crippen LogP) is 5.94. The van der Waals surface area contributed by atoms with Gasteiger partial charge in [-0.05, 0) is 56.2 Å². The Morgan fingerprint density at radius 2 is 1.55 bits per heavy atom. The van der Waals surface area contributed by atoms with Gasteiger partial charge >= 0.3 is 0 Å². The van der Waals surface area contributed by atoms with Crippen LogP contribution < -0.4 is 0 Å². The van der Waals surface area contributed by atoms with E-state index in [4.69, 9.17) is 0 Å². The molecular formula is C25H24N2O2. The van der Waals surface area contributed by atoms with E-state index < -0.39 is 0 Å². The van der Waals surface area contributed by atoms with Crippen molar-refractivity contribution in [3.05, 3.63) is 82.9 Å². The lowest BCUT2D eigenvalue weighted by Crippen LogP contribution is -2.03. The Morgan fingerprint density at radius 3 is 2.14 bits per heavy atom. The molecular weight excluding hydrogens is 360 g/mol. The fourth-order valence-corrected chi connectivity index (χ4v) is 4.08. The summed E-state index contributed by atoms with van der Waals surface area (Å²) in [6, 6.07) is 19.7. The topological polar surface area (TPSA) is 54.6 Å². The maximum atomic E-state index is 13.1. The largest absolute Gasteiger partial charge is 0.411 e. The molecule has 0 unspecified atom stereocenters. The number of ketones is 1. The van der Waals surface area contributed by atoms with E-state index in [1.54, 1.807) is 0 Å². The smallest absolute Gasteiger partial charge is 0.193 e. The lowest BCUT2D eigenvalue weighted by atomic mass is 9.97. The van der Waals surface area contributed by atoms with E-state index in [0.717, 1.165) is 45.0 Å². The predicted molar refractivity (Wildman–Crippen MR) is 118 cm³/mol. The molecule has 0 aliphatic rings. The van der Waals surface area contributed by atoms with Crippen molar-refractivity contribution in [1.82, 2.24) is 4.57 Å². The number of carbonyl (C=O) groups excluding carboxylic acids is 1. The first-order valence-electron chi connectivity index (χ1n) is 9.96. The number of fused-ring (bicyclic) bond motifs is 3. The highest BCUT2D eigenvalue weighted by Crippen LogP contribution is 2.31. The van der Waals surface area contributed by atoms with E-state index in [1.165, 1.54) is 0 Å². The first-order chi connectivity index (χ1) is 14.1. The molecule has 146 valence electrons. The van der Waals surface area contributed by atoms with E-state index in [2.05, 4.69) is 28.8 Å². The molecule has 4 heteroatoms. The van der Waals surface area contributed by atoms with Crippen molar-refractivity contribution in [1.29, 1.82) is 0 Å². The molecule has 4 rings (SSSR count). The van der Waals surface area contributed by atoms with Gasteiger partial charge in [-0.25, -0.2) is 0 Å². The molecule has 1 N–H and O–H groups in total. The van der Waals surface area contributed by atoms with Crippen LogP contribution in [0, 0.1) is 6.92 Å². The molecule has 0 amide bonds. The van der Waals surface area contributed by atoms with Gasteiger partial charge in [0.15, 0.2) is 5.78 Å². The van der Waals surface area contributed by atoms with Gasteiger partial charge in [-0.1, -0.05) is 42.4 Å². The van der Waals surface area contributed by atoms with E-state index in [9.17, 15) is 10.0 Å². The van der Waals surface area contributed by atoms with Crippen molar-refractivity contribution in [2.24, 2.45) is 5.16 Å². The summed E-state index contributed by atoms with van der Waals surface area (Å²) in [5.74, 6) is 0.0321. The summed E-state index contributed by atoms with van der Waals surface area (Å²) in [4.78, 5) is 13.1. The molecule has 0 bridgehead atoms. The number of nitrogens with zero attached hydrogens (tertiary/aromatic N) is 2. The fourth-order valence-electron chi connectivity index (χ4n) is 4.08. The van der Waals surface area contributed by atoms with Gasteiger partial charge in [0.25, 0.3) is 0 Å². The normalized spacial score (nSPS) is 12.0. The molecule has 0 radical (unpaired) electrons. The highest BCUT2D eigenvalue weighted by Gasteiger charge is 2.16. The Hall–Kier alpha value is -3.40. The van der Waals surface area contributed by atoms with Crippen LogP contribution in [0.1, 0.15) is 47.3 Å². The van der Waals surface area contributed by atoms with Crippen LogP contribution >= 0.6 is 0 Å². The summed E-state index contributed by atoms with van der Waals surface area (Å²) in [7, 11) is 0. The molecule has 0 aliphatic carbocycles. The SMILES string of the molecule is CC/C(=N\O)c1ccc2c(c1)c1cc(C(=O)c3ccccc3C)ccc1n2CC. The van der Waals surface area contributed by atoms with Gasteiger partial charge in [-0.3, -0.25) is 4.79 Å². The van der Waals surface area contributed by atoms with Crippen LogP contribution in [-0.4, -0.2) is 21.3 Å². The molecule has 0 saturated carbocycles. The lowest BCUT2D eigenvalue weighted by Gasteiger charge is -2.06. The molecule has 3 aromatic carbocycles. The van der Waals surface area contributed by atoms with Crippen LogP contribution in [0.15, 0.2) is 65.8 Å². The minimum Gasteiger partial charge on any atom is -0.411 e. The van der Waals surface area contributed by atoms with E-state index in [1.807, 2.05) is 62.4 Å². The molecule has 0 aliphatic heterocycles. The van der Waals surface area contributed by atoms with Gasteiger partial charge < -0.3 is 9.77 Å². The second-order valence-electron chi connectivity index (χ2n) is 7.25. The number of hydrogen-bond acceptors (Lipinski definition) is 3. The maximum Gasteiger partial charge on any atom is 0.193 e. The number of hydrogen-bond donors (Lipinski definition) is 1. The molecule has 4 nitrogen and oxygen atoms in total. The third-order valence-electron chi connectivity index (χ3n) is 5.62. The quantitative estimate of drug-likeness (QED) is 0.200. The van der Waals surface area contributed by atoms with Crippen molar-refractivity contribution >= 4 is 33.3 Å². The van der Waals surface area contributed by atoms with Gasteiger partial charge in [0.2, 0.25) is 0 Å². The monoisotopic (exact) mass is 384 g/mol. The second-order valence-corrected chi connectivity index (χ2v) is 7.25. The lowest BCUT2D eigenvalue weighted by molar-refractivity contribution is 0.103. The summed E-state index contributed by atoms with van der Waals surface area (Å²) in [5, 5.41) is 14.9. The Morgan fingerprint density at radius 1 is 0.931 bits per heavy atom. The standard InChI is InChI=1S/C25H24N2O2/c1-4-22(26-29)17-10-12-23-20(14-17)21-15-18(11-13-24(21)27(23)5-2)25(28)19-9-7-6-8-16(19)3/h6-15,29H,4-5H2,1-3H3/b26-22+. The first kappa shape index (κ1) is 18.9. The summed E-state index contributed by atoms with van der Waals surface area (Å²) >= 11 is 0. The number of aryl methyl sites for hydroxylation is 2. The van der Waals surface area contributed by atoms with E-state index in [-0.39, 0.29) is 5.78 Å². The van der Waals surface area contributed by atoms with Crippen molar-refractivity contribution in [3.8, 4) is 0 Å². The third-order valence-corrected chi connectivity index (χ3v) is 5.62. The number of aromatic nitrogens is 1. The van der Waals surface area contributed by atoms with E-state index >= 15 is 0 Å². The van der Waals surface area contributed by atoms with Crippen molar-refractivity contribution < 1.29 is 10.0 Å². The number of carbonyl (C=O) groups is 1. The van der Waals surface area contributed by atoms with Crippen molar-refractivity contribution in [2.45, 2.75) is 33.7 Å². The molecule has 1 aromatic heterocycles. The number of oxime groups is 1. The zero-order valence-electron chi connectivity index (χ0n) is 16.9. The average Bonchev–Trinajstić information content (AvgIpc) is 3.07. The van der Waals surface area contributed by atoms with Crippen molar-refractivity contribution in [2.75, 3.05) is 0 Å². The van der Waals surface area contributed by atoms with Crippen LogP contribution in [0.5, 0.6) is 0 Å². The summed E-state index contributed by atoms with van der Waals surface area (Å²) in [5.41, 5.74) is 6.14. The van der Waals surface area contributed by atoms with Crippen LogP contribution in [0.25, 0.3) is 21.8 Å².